The minimum absolute atomic E-state index is 0.0818. The van der Waals surface area contributed by atoms with Gasteiger partial charge in [0.15, 0.2) is 0 Å². The van der Waals surface area contributed by atoms with Crippen molar-refractivity contribution in [3.63, 3.8) is 0 Å². The fourth-order valence-electron chi connectivity index (χ4n) is 2.48. The molecule has 3 aromatic rings. The average molecular weight is 374 g/mol. The zero-order valence-corrected chi connectivity index (χ0v) is 15.8. The number of hydrogen-bond acceptors (Lipinski definition) is 3. The lowest BCUT2D eigenvalue weighted by Crippen LogP contribution is -2.07. The van der Waals surface area contributed by atoms with Crippen molar-refractivity contribution in [2.75, 3.05) is 5.88 Å². The Balaban J connectivity index is 0.000000758. The van der Waals surface area contributed by atoms with Crippen LogP contribution in [0.1, 0.15) is 37.5 Å². The Kier molecular flexibility index (Phi) is 7.70. The van der Waals surface area contributed by atoms with Crippen LogP contribution in [0.25, 0.3) is 10.9 Å². The molecule has 0 fully saturated rings. The van der Waals surface area contributed by atoms with Crippen LogP contribution in [0.15, 0.2) is 59.4 Å². The van der Waals surface area contributed by atoms with E-state index in [0.717, 1.165) is 10.9 Å². The Bertz CT molecular complexity index is 877. The third-order valence-corrected chi connectivity index (χ3v) is 3.93. The second kappa shape index (κ2) is 10.00. The van der Waals surface area contributed by atoms with E-state index in [-0.39, 0.29) is 11.4 Å². The lowest BCUT2D eigenvalue weighted by atomic mass is 10.0. The molecule has 0 saturated heterocycles. The normalized spacial score (nSPS) is 11.5. The molecule has 0 aliphatic rings. The molecule has 0 aliphatic heterocycles. The first-order chi connectivity index (χ1) is 12.6. The van der Waals surface area contributed by atoms with Gasteiger partial charge in [0.25, 0.3) is 0 Å². The summed E-state index contributed by atoms with van der Waals surface area (Å²) in [6.45, 7) is 4.64. The number of ether oxygens (including phenoxy) is 1. The van der Waals surface area contributed by atoms with Crippen LogP contribution in [0.2, 0.25) is 0 Å². The Morgan fingerprint density at radius 2 is 1.77 bits per heavy atom. The highest BCUT2D eigenvalue weighted by atomic mass is 35.5. The lowest BCUT2D eigenvalue weighted by molar-refractivity contribution is 0.204. The van der Waals surface area contributed by atoms with Gasteiger partial charge < -0.3 is 14.8 Å². The highest BCUT2D eigenvalue weighted by Gasteiger charge is 2.14. The highest BCUT2D eigenvalue weighted by molar-refractivity contribution is 6.18. The Labute approximate surface area is 158 Å². The molecule has 3 rings (SSSR count). The van der Waals surface area contributed by atoms with Gasteiger partial charge in [-0.05, 0) is 23.3 Å². The van der Waals surface area contributed by atoms with Gasteiger partial charge in [0.05, 0.1) is 17.5 Å². The van der Waals surface area contributed by atoms with Crippen LogP contribution in [0.3, 0.4) is 0 Å². The lowest BCUT2D eigenvalue weighted by Gasteiger charge is -2.14. The number of aliphatic hydroxyl groups excluding tert-OH is 1. The average Bonchev–Trinajstić information content (AvgIpc) is 2.67. The summed E-state index contributed by atoms with van der Waals surface area (Å²) in [7, 11) is 0. The number of benzene rings is 2. The van der Waals surface area contributed by atoms with E-state index in [1.807, 2.05) is 30.3 Å². The summed E-state index contributed by atoms with van der Waals surface area (Å²) in [6.07, 6.45) is 0.452. The fourth-order valence-corrected chi connectivity index (χ4v) is 2.64. The predicted molar refractivity (Wildman–Crippen MR) is 107 cm³/mol. The van der Waals surface area contributed by atoms with Crippen LogP contribution in [-0.2, 0) is 6.61 Å². The standard InChI is InChI=1S/C18H16ClNO3.C3H8/c19-10-15(21)13-6-8-16(18-14(13)7-9-17(22)20-18)23-11-12-4-2-1-3-5-12;1-3-2/h1-9,15,21H,10-11H2,(H,20,22);3H2,1-2H3. The van der Waals surface area contributed by atoms with E-state index < -0.39 is 6.10 Å². The number of rotatable bonds is 5. The van der Waals surface area contributed by atoms with Crippen LogP contribution in [0.5, 0.6) is 5.75 Å². The van der Waals surface area contributed by atoms with E-state index in [1.54, 1.807) is 18.2 Å². The number of aliphatic hydroxyl groups is 1. The van der Waals surface area contributed by atoms with Gasteiger partial charge in [-0.25, -0.2) is 0 Å². The van der Waals surface area contributed by atoms with Crippen LogP contribution in [-0.4, -0.2) is 16.0 Å². The number of aromatic amines is 1. The Morgan fingerprint density at radius 3 is 2.42 bits per heavy atom. The van der Waals surface area contributed by atoms with Crippen molar-refractivity contribution in [1.82, 2.24) is 4.98 Å². The summed E-state index contributed by atoms with van der Waals surface area (Å²) in [6, 6.07) is 16.4. The van der Waals surface area contributed by atoms with Crippen LogP contribution in [0.4, 0.5) is 0 Å². The van der Waals surface area contributed by atoms with E-state index in [0.29, 0.717) is 23.4 Å². The van der Waals surface area contributed by atoms with Crippen LogP contribution in [0, 0.1) is 0 Å². The molecular formula is C21H24ClNO3. The SMILES string of the molecule is CCC.O=c1ccc2c(C(O)CCl)ccc(OCc3ccccc3)c2[nH]1. The van der Waals surface area contributed by atoms with Gasteiger partial charge in [-0.1, -0.05) is 56.7 Å². The number of alkyl halides is 1. The summed E-state index contributed by atoms with van der Waals surface area (Å²) < 4.78 is 5.84. The van der Waals surface area contributed by atoms with Gasteiger partial charge in [0.2, 0.25) is 5.56 Å². The quantitative estimate of drug-likeness (QED) is 0.632. The second-order valence-corrected chi connectivity index (χ2v) is 6.22. The van der Waals surface area contributed by atoms with E-state index >= 15 is 0 Å². The van der Waals surface area contributed by atoms with Crippen molar-refractivity contribution in [3.8, 4) is 5.75 Å². The number of hydrogen-bond donors (Lipinski definition) is 2. The molecule has 1 unspecified atom stereocenters. The minimum Gasteiger partial charge on any atom is -0.487 e. The van der Waals surface area contributed by atoms with Crippen molar-refractivity contribution >= 4 is 22.5 Å². The summed E-state index contributed by atoms with van der Waals surface area (Å²) >= 11 is 5.75. The molecule has 0 saturated carbocycles. The highest BCUT2D eigenvalue weighted by Crippen LogP contribution is 2.30. The van der Waals surface area contributed by atoms with Crippen LogP contribution >= 0.6 is 11.6 Å². The smallest absolute Gasteiger partial charge is 0.248 e. The first kappa shape index (κ1) is 20.0. The van der Waals surface area contributed by atoms with Crippen molar-refractivity contribution in [2.45, 2.75) is 33.0 Å². The maximum Gasteiger partial charge on any atom is 0.248 e. The number of H-pyrrole nitrogens is 1. The molecule has 0 amide bonds. The molecule has 0 spiro atoms. The van der Waals surface area contributed by atoms with Crippen molar-refractivity contribution < 1.29 is 9.84 Å². The number of halogens is 1. The number of pyridine rings is 1. The molecule has 26 heavy (non-hydrogen) atoms. The van der Waals surface area contributed by atoms with Gasteiger partial charge in [-0.2, -0.15) is 0 Å². The van der Waals surface area contributed by atoms with Crippen molar-refractivity contribution in [3.05, 3.63) is 76.1 Å². The molecule has 5 heteroatoms. The Morgan fingerprint density at radius 1 is 1.08 bits per heavy atom. The molecule has 0 bridgehead atoms. The van der Waals surface area contributed by atoms with Crippen molar-refractivity contribution in [1.29, 1.82) is 0 Å². The molecule has 1 aromatic heterocycles. The van der Waals surface area contributed by atoms with E-state index in [9.17, 15) is 9.90 Å². The van der Waals surface area contributed by atoms with E-state index in [4.69, 9.17) is 16.3 Å². The van der Waals surface area contributed by atoms with Gasteiger partial charge >= 0.3 is 0 Å². The van der Waals surface area contributed by atoms with Gasteiger partial charge in [0.1, 0.15) is 12.4 Å². The zero-order valence-electron chi connectivity index (χ0n) is 15.0. The van der Waals surface area contributed by atoms with E-state index in [2.05, 4.69) is 18.8 Å². The zero-order chi connectivity index (χ0) is 18.9. The molecular weight excluding hydrogens is 350 g/mol. The second-order valence-electron chi connectivity index (χ2n) is 5.92. The summed E-state index contributed by atoms with van der Waals surface area (Å²) in [4.78, 5) is 14.4. The maximum atomic E-state index is 11.7. The summed E-state index contributed by atoms with van der Waals surface area (Å²) in [5, 5.41) is 10.8. The summed E-state index contributed by atoms with van der Waals surface area (Å²) in [5.41, 5.74) is 2.04. The van der Waals surface area contributed by atoms with Gasteiger partial charge in [0, 0.05) is 11.5 Å². The molecule has 1 heterocycles. The first-order valence-corrected chi connectivity index (χ1v) is 9.20. The topological polar surface area (TPSA) is 62.3 Å². The first-order valence-electron chi connectivity index (χ1n) is 8.67. The number of aromatic nitrogens is 1. The summed E-state index contributed by atoms with van der Waals surface area (Å²) in [5.74, 6) is 0.644. The molecule has 4 nitrogen and oxygen atoms in total. The molecule has 138 valence electrons. The molecule has 2 aromatic carbocycles. The molecule has 0 aliphatic carbocycles. The van der Waals surface area contributed by atoms with Crippen LogP contribution < -0.4 is 10.3 Å². The van der Waals surface area contributed by atoms with Gasteiger partial charge in [-0.3, -0.25) is 4.79 Å². The largest absolute Gasteiger partial charge is 0.487 e. The predicted octanol–water partition coefficient (Wildman–Crippen LogP) is 4.80. The van der Waals surface area contributed by atoms with Gasteiger partial charge in [-0.15, -0.1) is 11.6 Å². The number of fused-ring (bicyclic) bond motifs is 1. The maximum absolute atomic E-state index is 11.7. The monoisotopic (exact) mass is 373 g/mol. The number of nitrogens with one attached hydrogen (secondary N) is 1. The Hall–Kier alpha value is -2.30. The molecule has 2 N–H and O–H groups in total. The van der Waals surface area contributed by atoms with Crippen molar-refractivity contribution in [2.24, 2.45) is 0 Å². The van der Waals surface area contributed by atoms with E-state index in [1.165, 1.54) is 12.5 Å². The minimum atomic E-state index is -0.798. The molecule has 0 radical (unpaired) electrons. The molecule has 1 atom stereocenters. The third kappa shape index (κ3) is 5.10. The third-order valence-electron chi connectivity index (χ3n) is 3.63. The fraction of sp³-hybridized carbons (Fsp3) is 0.286.